The minimum Gasteiger partial charge on any atom is -0.489 e. The Morgan fingerprint density at radius 3 is 1.67 bits per heavy atom. The standard InChI is InChI=1S/C60H69N11O21S/c1-29-52(81)61-24-45(73)66-39(17-18-47(75)76)55(84)68-41-20-33-9-13-37(14-10-33)91-26-35-21-36(51(35)93-28-44(65-31(3)72)59(88)70-43(23-49(79)80)56(85)63-29)27-92-38-15-11-34(12-16-38)50(60(89)90)71-46(74)25-62-54(83)40(19-32-7-5-4-6-8-32)67-53(82)30(2)64-57(86)42(22-48(77)78)69-58(41)87/h4-16,21,29-30,39-44,50H,17-20,22-28H2,1-3H3,(H,61,81)(H,62,83)(H,63,85)(H,64,86)(H,65,72)(H,66,73)(H,67,82)(H,68,84)(H,69,87)(H,70,88)(H,71,74)(H,75,76)(H,77,78)(H,79,80)(H,89,90)/t29-,30-,39-,40-,41-,42-,43-,44-,50-/m0/s1. The molecule has 8 rings (SSSR count). The van der Waals surface area contributed by atoms with Gasteiger partial charge >= 0.3 is 23.9 Å². The number of carboxylic acids is 4. The molecule has 15 N–H and O–H groups in total. The second-order valence-corrected chi connectivity index (χ2v) is 22.5. The Morgan fingerprint density at radius 1 is 0.548 bits per heavy atom. The third kappa shape index (κ3) is 22.2. The molecule has 0 fully saturated rings. The molecule has 11 amide bonds. The second kappa shape index (κ2) is 33.8. The summed E-state index contributed by atoms with van der Waals surface area (Å²) >= 11 is 1.03. The molecular formula is C60H69N11O21S. The number of carbonyl (C=O) groups excluding carboxylic acids is 11. The van der Waals surface area contributed by atoms with E-state index in [1.54, 1.807) is 36.4 Å². The van der Waals surface area contributed by atoms with Gasteiger partial charge in [-0.15, -0.1) is 11.8 Å². The quantitative estimate of drug-likeness (QED) is 0.0857. The summed E-state index contributed by atoms with van der Waals surface area (Å²) in [5, 5.41) is 65.3. The molecule has 93 heavy (non-hydrogen) atoms. The van der Waals surface area contributed by atoms with Crippen molar-refractivity contribution in [2.75, 3.05) is 32.1 Å². The molecular weight excluding hydrogens is 1240 g/mol. The molecule has 9 atom stereocenters. The van der Waals surface area contributed by atoms with Gasteiger partial charge in [-0.25, -0.2) is 4.79 Å². The van der Waals surface area contributed by atoms with Gasteiger partial charge in [0.15, 0.2) is 6.04 Å². The molecule has 0 saturated carbocycles. The highest BCUT2D eigenvalue weighted by molar-refractivity contribution is 8.03. The van der Waals surface area contributed by atoms with Crippen molar-refractivity contribution >= 4 is 101 Å². The number of amides is 11. The summed E-state index contributed by atoms with van der Waals surface area (Å²) in [6.45, 7) is 1.36. The zero-order valence-electron chi connectivity index (χ0n) is 50.2. The number of hydrogen-bond acceptors (Lipinski definition) is 18. The number of nitrogens with one attached hydrogen (secondary N) is 11. The molecule has 4 heterocycles. The predicted molar refractivity (Wildman–Crippen MR) is 324 cm³/mol. The highest BCUT2D eigenvalue weighted by Crippen LogP contribution is 2.38. The molecule has 1 aliphatic carbocycles. The summed E-state index contributed by atoms with van der Waals surface area (Å²) in [6.07, 6.45) is -2.45. The molecule has 32 nitrogen and oxygen atoms in total. The van der Waals surface area contributed by atoms with Crippen molar-refractivity contribution in [1.82, 2.24) is 58.5 Å². The normalized spacial score (nSPS) is 23.8. The maximum Gasteiger partial charge on any atom is 0.330 e. The van der Waals surface area contributed by atoms with E-state index in [0.29, 0.717) is 27.2 Å². The van der Waals surface area contributed by atoms with Crippen molar-refractivity contribution in [2.24, 2.45) is 0 Å². The Hall–Kier alpha value is -10.9. The maximum absolute atomic E-state index is 14.5. The van der Waals surface area contributed by atoms with Crippen LogP contribution in [0.3, 0.4) is 0 Å². The first-order chi connectivity index (χ1) is 44.1. The molecule has 0 saturated heterocycles. The van der Waals surface area contributed by atoms with Gasteiger partial charge in [-0.1, -0.05) is 54.6 Å². The molecule has 0 unspecified atom stereocenters. The van der Waals surface area contributed by atoms with Crippen molar-refractivity contribution in [3.63, 3.8) is 0 Å². The topological polar surface area (TPSA) is 488 Å². The number of ether oxygens (including phenoxy) is 2. The molecule has 7 bridgehead atoms. The fourth-order valence-electron chi connectivity index (χ4n) is 9.30. The summed E-state index contributed by atoms with van der Waals surface area (Å²) in [5.74, 6) is -17.6. The summed E-state index contributed by atoms with van der Waals surface area (Å²) < 4.78 is 12.2. The number of carboxylic acid groups (broad SMARTS) is 4. The first-order valence-corrected chi connectivity index (χ1v) is 29.8. The van der Waals surface area contributed by atoms with Crippen LogP contribution in [0.15, 0.2) is 101 Å². The highest BCUT2D eigenvalue weighted by Gasteiger charge is 2.36. The SMILES string of the molecule is CC(=O)N[C@H]1CSC2=C3C=C2COc2ccc(cc2)[C@@H](C(=O)O)NC(=O)CNC(=O)[C@H](Cc2ccccc2)NC(=O)[C@H](C)NC(=O)[C@H](CC(=O)O)NC(=O)[C@H](Cc2ccc(cc2)OC3)NC(=O)[C@H](CCC(=O)O)NC(=O)CNC(=O)[C@H](C)NC(=O)[C@H](CC(=O)O)NC1=O. The minimum atomic E-state index is -2.00. The molecule has 3 aromatic rings. The molecule has 4 aliphatic heterocycles. The number of aliphatic carboxylic acids is 4. The fourth-order valence-corrected chi connectivity index (χ4v) is 10.5. The van der Waals surface area contributed by atoms with E-state index in [1.165, 1.54) is 55.5 Å². The molecule has 0 aromatic heterocycles. The Balaban J connectivity index is 1.42. The first-order valence-electron chi connectivity index (χ1n) is 28.8. The van der Waals surface area contributed by atoms with Crippen LogP contribution in [0.25, 0.3) is 0 Å². The van der Waals surface area contributed by atoms with Crippen LogP contribution in [0.5, 0.6) is 11.5 Å². The van der Waals surface area contributed by atoms with E-state index in [9.17, 15) is 92.3 Å². The van der Waals surface area contributed by atoms with E-state index < -0.39 is 188 Å². The lowest BCUT2D eigenvalue weighted by Crippen LogP contribution is -2.60. The molecule has 5 aliphatic rings. The third-order valence-corrected chi connectivity index (χ3v) is 15.5. The second-order valence-electron chi connectivity index (χ2n) is 21.5. The van der Waals surface area contributed by atoms with Crippen LogP contribution < -0.4 is 68.0 Å². The van der Waals surface area contributed by atoms with Gasteiger partial charge in [0.25, 0.3) is 0 Å². The van der Waals surface area contributed by atoms with Crippen molar-refractivity contribution < 1.29 is 102 Å². The monoisotopic (exact) mass is 1310 g/mol. The Kier molecular flexibility index (Phi) is 25.9. The van der Waals surface area contributed by atoms with Crippen LogP contribution >= 0.6 is 11.8 Å². The lowest BCUT2D eigenvalue weighted by molar-refractivity contribution is -0.142. The maximum atomic E-state index is 14.5. The van der Waals surface area contributed by atoms with Crippen LogP contribution in [0.1, 0.15) is 69.2 Å². The van der Waals surface area contributed by atoms with E-state index in [0.717, 1.165) is 25.6 Å². The smallest absolute Gasteiger partial charge is 0.330 e. The zero-order chi connectivity index (χ0) is 68.1. The Labute approximate surface area is 533 Å². The van der Waals surface area contributed by atoms with Gasteiger partial charge in [-0.2, -0.15) is 0 Å². The summed E-state index contributed by atoms with van der Waals surface area (Å²) in [6, 6.07) is 4.59. The van der Waals surface area contributed by atoms with E-state index in [2.05, 4.69) is 58.5 Å². The van der Waals surface area contributed by atoms with Crippen LogP contribution in [0, 0.1) is 0 Å². The van der Waals surface area contributed by atoms with E-state index in [-0.39, 0.29) is 42.4 Å². The van der Waals surface area contributed by atoms with Crippen LogP contribution in [0.4, 0.5) is 0 Å². The Bertz CT molecular complexity index is 3440. The van der Waals surface area contributed by atoms with E-state index in [1.807, 2.05) is 0 Å². The van der Waals surface area contributed by atoms with E-state index >= 15 is 0 Å². The van der Waals surface area contributed by atoms with Crippen molar-refractivity contribution in [2.45, 2.75) is 114 Å². The van der Waals surface area contributed by atoms with Crippen molar-refractivity contribution in [3.05, 3.63) is 118 Å². The molecule has 33 heteroatoms. The molecule has 0 spiro atoms. The predicted octanol–water partition coefficient (Wildman–Crippen LogP) is -2.89. The third-order valence-electron chi connectivity index (χ3n) is 14.2. The number of hydrogen-bond donors (Lipinski definition) is 15. The number of fused-ring (bicyclic) bond motifs is 34. The van der Waals surface area contributed by atoms with Crippen molar-refractivity contribution in [3.8, 4) is 11.5 Å². The summed E-state index contributed by atoms with van der Waals surface area (Å²) in [7, 11) is 0. The van der Waals surface area contributed by atoms with E-state index in [4.69, 9.17) is 9.47 Å². The Morgan fingerprint density at radius 2 is 1.09 bits per heavy atom. The van der Waals surface area contributed by atoms with Crippen LogP contribution in [-0.2, 0) is 84.8 Å². The minimum absolute atomic E-state index is 0.0770. The fraction of sp³-hybridized carbons (Fsp3) is 0.383. The lowest BCUT2D eigenvalue weighted by Gasteiger charge is -2.27. The van der Waals surface area contributed by atoms with Gasteiger partial charge < -0.3 is 88.4 Å². The number of carbonyl (C=O) groups is 15. The molecule has 3 aromatic carbocycles. The van der Waals surface area contributed by atoms with Crippen LogP contribution in [0.2, 0.25) is 0 Å². The zero-order valence-corrected chi connectivity index (χ0v) is 51.0. The number of thioether (sulfide) groups is 1. The molecule has 0 radical (unpaired) electrons. The molecule has 496 valence electrons. The number of rotatable bonds is 11. The number of benzene rings is 3. The van der Waals surface area contributed by atoms with Crippen molar-refractivity contribution in [1.29, 1.82) is 0 Å². The summed E-state index contributed by atoms with van der Waals surface area (Å²) in [4.78, 5) is 200. The largest absolute Gasteiger partial charge is 0.489 e. The lowest BCUT2D eigenvalue weighted by atomic mass is 10.00. The van der Waals surface area contributed by atoms with Gasteiger partial charge in [0, 0.05) is 48.0 Å². The van der Waals surface area contributed by atoms with Gasteiger partial charge in [0.05, 0.1) is 25.9 Å². The van der Waals surface area contributed by atoms with Gasteiger partial charge in [0.1, 0.15) is 73.0 Å². The highest BCUT2D eigenvalue weighted by atomic mass is 32.2. The summed E-state index contributed by atoms with van der Waals surface area (Å²) in [5.41, 5.74) is 1.91. The van der Waals surface area contributed by atoms with Crippen LogP contribution in [-0.4, -0.2) is 190 Å². The average molecular weight is 1310 g/mol. The van der Waals surface area contributed by atoms with Gasteiger partial charge in [0.2, 0.25) is 65.0 Å². The van der Waals surface area contributed by atoms with Gasteiger partial charge in [-0.3, -0.25) is 67.1 Å². The average Bonchev–Trinajstić information content (AvgIpc) is 0.855. The first kappa shape index (κ1) is 71.2. The van der Waals surface area contributed by atoms with Gasteiger partial charge in [-0.05, 0) is 67.3 Å².